The second kappa shape index (κ2) is 21.9. The zero-order valence-electron chi connectivity index (χ0n) is 19.6. The van der Waals surface area contributed by atoms with Crippen molar-refractivity contribution in [1.82, 2.24) is 4.90 Å². The number of hydrogen-bond donors (Lipinski definition) is 1. The smallest absolute Gasteiger partial charge is 0.229 e. The third-order valence-electron chi connectivity index (χ3n) is 5.19. The summed E-state index contributed by atoms with van der Waals surface area (Å²) in [4.78, 5) is 26.3. The van der Waals surface area contributed by atoms with Gasteiger partial charge in [0.15, 0.2) is 0 Å². The molecule has 0 radical (unpaired) electrons. The number of nitrogens with two attached hydrogens (primary N) is 1. The van der Waals surface area contributed by atoms with Crippen molar-refractivity contribution in [3.8, 4) is 23.7 Å². The lowest BCUT2D eigenvalue weighted by molar-refractivity contribution is -0.144. The van der Waals surface area contributed by atoms with Crippen molar-refractivity contribution in [3.63, 3.8) is 0 Å². The highest BCUT2D eigenvalue weighted by atomic mass is 16.2. The second-order valence-electron chi connectivity index (χ2n) is 7.82. The molecule has 30 heavy (non-hydrogen) atoms. The van der Waals surface area contributed by atoms with E-state index in [1.165, 1.54) is 30.6 Å². The lowest BCUT2D eigenvalue weighted by atomic mass is 10.1. The summed E-state index contributed by atoms with van der Waals surface area (Å²) in [5, 5.41) is 0. The molecule has 2 N–H and O–H groups in total. The quantitative estimate of drug-likeness (QED) is 0.234. The van der Waals surface area contributed by atoms with Gasteiger partial charge in [-0.15, -0.1) is 23.7 Å². The van der Waals surface area contributed by atoms with Crippen molar-refractivity contribution in [1.29, 1.82) is 0 Å². The Hall–Kier alpha value is -1.78. The largest absolute Gasteiger partial charge is 0.329 e. The number of carbonyl (C=O) groups is 2. The maximum atomic E-state index is 12.5. The van der Waals surface area contributed by atoms with Crippen LogP contribution in [0.25, 0.3) is 0 Å². The Morgan fingerprint density at radius 2 is 1.00 bits per heavy atom. The van der Waals surface area contributed by atoms with E-state index in [-0.39, 0.29) is 11.8 Å². The first-order valence-corrected chi connectivity index (χ1v) is 12.0. The summed E-state index contributed by atoms with van der Waals surface area (Å²) < 4.78 is 0. The molecule has 0 heterocycles. The minimum atomic E-state index is -0.0549. The molecule has 170 valence electrons. The van der Waals surface area contributed by atoms with Crippen molar-refractivity contribution in [2.75, 3.05) is 13.1 Å². The summed E-state index contributed by atoms with van der Waals surface area (Å²) in [5.74, 6) is 11.9. The van der Waals surface area contributed by atoms with E-state index in [9.17, 15) is 9.59 Å². The molecule has 0 aromatic heterocycles. The number of unbranched alkanes of at least 4 members (excludes halogenated alkanes) is 12. The molecule has 0 saturated heterocycles. The highest BCUT2D eigenvalue weighted by Crippen LogP contribution is 2.12. The Kier molecular flexibility index (Phi) is 20.6. The van der Waals surface area contributed by atoms with E-state index in [0.29, 0.717) is 25.9 Å². The van der Waals surface area contributed by atoms with Gasteiger partial charge < -0.3 is 5.73 Å². The predicted octanol–water partition coefficient (Wildman–Crippen LogP) is 5.59. The van der Waals surface area contributed by atoms with Crippen LogP contribution in [0.5, 0.6) is 0 Å². The Balaban J connectivity index is 3.89. The fourth-order valence-electron chi connectivity index (χ4n) is 3.43. The van der Waals surface area contributed by atoms with E-state index in [0.717, 1.165) is 64.2 Å². The topological polar surface area (TPSA) is 63.4 Å². The predicted molar refractivity (Wildman–Crippen MR) is 127 cm³/mol. The number of carbonyl (C=O) groups excluding carboxylic acids is 2. The molecule has 4 heteroatoms. The van der Waals surface area contributed by atoms with Crippen LogP contribution in [-0.2, 0) is 9.59 Å². The number of imide groups is 1. The first kappa shape index (κ1) is 28.2. The van der Waals surface area contributed by atoms with Gasteiger partial charge >= 0.3 is 0 Å². The van der Waals surface area contributed by atoms with E-state index in [2.05, 4.69) is 23.7 Å². The van der Waals surface area contributed by atoms with Crippen LogP contribution in [0.15, 0.2) is 0 Å². The molecule has 0 fully saturated rings. The monoisotopic (exact) mass is 416 g/mol. The lowest BCUT2D eigenvalue weighted by Crippen LogP contribution is -2.40. The molecule has 0 spiro atoms. The van der Waals surface area contributed by atoms with E-state index < -0.39 is 0 Å². The van der Waals surface area contributed by atoms with Gasteiger partial charge in [0.05, 0.1) is 0 Å². The summed E-state index contributed by atoms with van der Waals surface area (Å²) in [6.45, 7) is 4.43. The maximum absolute atomic E-state index is 12.5. The molecule has 0 atom stereocenters. The van der Waals surface area contributed by atoms with Crippen molar-refractivity contribution < 1.29 is 9.59 Å². The Morgan fingerprint density at radius 3 is 1.37 bits per heavy atom. The summed E-state index contributed by atoms with van der Waals surface area (Å²) in [6.07, 6.45) is 16.0. The van der Waals surface area contributed by atoms with E-state index in [4.69, 9.17) is 5.73 Å². The molecule has 4 nitrogen and oxygen atoms in total. The molecule has 2 amide bonds. The molecule has 0 aliphatic carbocycles. The van der Waals surface area contributed by atoms with E-state index >= 15 is 0 Å². The Morgan fingerprint density at radius 1 is 0.633 bits per heavy atom. The fraction of sp³-hybridized carbons (Fsp3) is 0.769. The Bertz CT molecular complexity index is 515. The number of amides is 2. The van der Waals surface area contributed by atoms with Gasteiger partial charge in [0.25, 0.3) is 0 Å². The third-order valence-corrected chi connectivity index (χ3v) is 5.19. The van der Waals surface area contributed by atoms with Crippen molar-refractivity contribution >= 4 is 11.8 Å². The molecule has 0 aromatic rings. The van der Waals surface area contributed by atoms with Gasteiger partial charge in [0.2, 0.25) is 11.8 Å². The molecule has 0 aromatic carbocycles. The SMILES string of the molecule is CC#CCCCCCCCCC(=O)N(CCN)C(=O)CCCCCCCCC#CC. The maximum Gasteiger partial charge on any atom is 0.229 e. The molecule has 0 unspecified atom stereocenters. The number of rotatable bonds is 18. The highest BCUT2D eigenvalue weighted by Gasteiger charge is 2.19. The zero-order valence-corrected chi connectivity index (χ0v) is 19.6. The van der Waals surface area contributed by atoms with Gasteiger partial charge in [-0.25, -0.2) is 0 Å². The zero-order chi connectivity index (χ0) is 22.3. The minimum Gasteiger partial charge on any atom is -0.329 e. The van der Waals surface area contributed by atoms with Crippen molar-refractivity contribution in [2.24, 2.45) is 5.73 Å². The van der Waals surface area contributed by atoms with E-state index in [1.807, 2.05) is 13.8 Å². The summed E-state index contributed by atoms with van der Waals surface area (Å²) >= 11 is 0. The Labute approximate surface area is 185 Å². The normalized spacial score (nSPS) is 9.97. The summed E-state index contributed by atoms with van der Waals surface area (Å²) in [6, 6.07) is 0. The van der Waals surface area contributed by atoms with Crippen LogP contribution >= 0.6 is 0 Å². The molecule has 0 rings (SSSR count). The minimum absolute atomic E-state index is 0.0549. The molecule has 0 saturated carbocycles. The van der Waals surface area contributed by atoms with Crippen LogP contribution in [0.1, 0.15) is 117 Å². The van der Waals surface area contributed by atoms with Gasteiger partial charge in [-0.1, -0.05) is 51.4 Å². The second-order valence-corrected chi connectivity index (χ2v) is 7.82. The van der Waals surface area contributed by atoms with Crippen LogP contribution in [-0.4, -0.2) is 29.8 Å². The molecular weight excluding hydrogens is 372 g/mol. The van der Waals surface area contributed by atoms with Gasteiger partial charge in [-0.05, 0) is 39.5 Å². The molecule has 0 aliphatic heterocycles. The van der Waals surface area contributed by atoms with Gasteiger partial charge in [-0.3, -0.25) is 14.5 Å². The molecular formula is C26H44N2O2. The number of nitrogens with zero attached hydrogens (tertiary/aromatic N) is 1. The van der Waals surface area contributed by atoms with Crippen LogP contribution in [0.4, 0.5) is 0 Å². The first-order chi connectivity index (χ1) is 14.7. The lowest BCUT2D eigenvalue weighted by Gasteiger charge is -2.20. The van der Waals surface area contributed by atoms with Gasteiger partial charge in [0, 0.05) is 38.8 Å². The van der Waals surface area contributed by atoms with Gasteiger partial charge in [0.1, 0.15) is 0 Å². The number of hydrogen-bond acceptors (Lipinski definition) is 3. The first-order valence-electron chi connectivity index (χ1n) is 12.0. The average Bonchev–Trinajstić information content (AvgIpc) is 2.74. The van der Waals surface area contributed by atoms with Crippen molar-refractivity contribution in [2.45, 2.75) is 117 Å². The summed E-state index contributed by atoms with van der Waals surface area (Å²) in [5.41, 5.74) is 5.63. The van der Waals surface area contributed by atoms with E-state index in [1.54, 1.807) is 0 Å². The molecule has 0 bridgehead atoms. The fourth-order valence-corrected chi connectivity index (χ4v) is 3.43. The van der Waals surface area contributed by atoms with Crippen LogP contribution < -0.4 is 5.73 Å². The van der Waals surface area contributed by atoms with Crippen LogP contribution in [0.2, 0.25) is 0 Å². The summed E-state index contributed by atoms with van der Waals surface area (Å²) in [7, 11) is 0. The molecule has 0 aliphatic rings. The van der Waals surface area contributed by atoms with Gasteiger partial charge in [-0.2, -0.15) is 0 Å². The van der Waals surface area contributed by atoms with Crippen LogP contribution in [0, 0.1) is 23.7 Å². The standard InChI is InChI=1S/C26H44N2O2/c1-3-5-7-9-11-13-15-17-19-21-25(29)28(24-23-27)26(30)22-20-18-16-14-12-10-8-6-4-2/h7-24,27H2,1-2H3. The van der Waals surface area contributed by atoms with Crippen molar-refractivity contribution in [3.05, 3.63) is 0 Å². The van der Waals surface area contributed by atoms with Crippen LogP contribution in [0.3, 0.4) is 0 Å². The third kappa shape index (κ3) is 17.1. The highest BCUT2D eigenvalue weighted by molar-refractivity contribution is 5.95. The average molecular weight is 417 g/mol.